The van der Waals surface area contributed by atoms with Gasteiger partial charge in [-0.05, 0) is 43.3 Å². The van der Waals surface area contributed by atoms with Gasteiger partial charge in [-0.2, -0.15) is 0 Å². The number of morpholine rings is 1. The van der Waals surface area contributed by atoms with Crippen LogP contribution < -0.4 is 20.3 Å². The Balaban J connectivity index is 1.45. The van der Waals surface area contributed by atoms with Crippen molar-refractivity contribution in [2.75, 3.05) is 50.2 Å². The van der Waals surface area contributed by atoms with Crippen molar-refractivity contribution in [3.8, 4) is 5.75 Å². The quantitative estimate of drug-likeness (QED) is 0.602. The molecule has 2 aromatic rings. The van der Waals surface area contributed by atoms with Gasteiger partial charge < -0.3 is 29.7 Å². The molecule has 0 aliphatic carbocycles. The van der Waals surface area contributed by atoms with E-state index >= 15 is 0 Å². The van der Waals surface area contributed by atoms with Gasteiger partial charge in [0.05, 0.1) is 25.9 Å². The van der Waals surface area contributed by atoms with E-state index in [1.165, 1.54) is 14.0 Å². The number of ether oxygens (including phenoxy) is 3. The number of hydrogen-bond donors (Lipinski definition) is 2. The molecule has 9 nitrogen and oxygen atoms in total. The van der Waals surface area contributed by atoms with Gasteiger partial charge in [-0.3, -0.25) is 14.4 Å². The van der Waals surface area contributed by atoms with Crippen LogP contribution in [0.15, 0.2) is 48.5 Å². The first-order valence-corrected chi connectivity index (χ1v) is 10.3. The van der Waals surface area contributed by atoms with Crippen LogP contribution in [0.2, 0.25) is 0 Å². The van der Waals surface area contributed by atoms with Gasteiger partial charge in [0, 0.05) is 24.5 Å². The number of para-hydroxylation sites is 1. The molecule has 1 unspecified atom stereocenters. The molecule has 1 heterocycles. The number of anilines is 2. The first-order chi connectivity index (χ1) is 15.5. The number of carbonyl (C=O) groups excluding carboxylic acids is 3. The van der Waals surface area contributed by atoms with Gasteiger partial charge in [0.25, 0.3) is 11.8 Å². The van der Waals surface area contributed by atoms with Crippen LogP contribution in [0, 0.1) is 0 Å². The van der Waals surface area contributed by atoms with Crippen molar-refractivity contribution in [3.63, 3.8) is 0 Å². The zero-order valence-electron chi connectivity index (χ0n) is 18.1. The number of hydrogen-bond acceptors (Lipinski definition) is 7. The minimum atomic E-state index is -1.02. The highest BCUT2D eigenvalue weighted by molar-refractivity contribution is 5.99. The molecular formula is C23H27N3O6. The fourth-order valence-corrected chi connectivity index (χ4v) is 3.19. The Hall–Kier alpha value is -3.59. The van der Waals surface area contributed by atoms with Gasteiger partial charge in [0.1, 0.15) is 12.3 Å². The predicted octanol–water partition coefficient (Wildman–Crippen LogP) is 1.83. The summed E-state index contributed by atoms with van der Waals surface area (Å²) in [5, 5.41) is 5.19. The molecule has 0 bridgehead atoms. The SMILES string of the molecule is COc1ccccc1C(=O)NCC(=O)OC(C)C(=O)Nc1ccc(N2CCOCC2)cc1. The van der Waals surface area contributed by atoms with Crippen molar-refractivity contribution < 1.29 is 28.6 Å². The average Bonchev–Trinajstić information content (AvgIpc) is 2.83. The van der Waals surface area contributed by atoms with E-state index in [0.29, 0.717) is 30.2 Å². The Morgan fingerprint density at radius 3 is 2.44 bits per heavy atom. The molecule has 0 aromatic heterocycles. The Labute approximate surface area is 186 Å². The Kier molecular flexibility index (Phi) is 8.04. The van der Waals surface area contributed by atoms with Gasteiger partial charge in [-0.25, -0.2) is 0 Å². The molecule has 9 heteroatoms. The number of benzene rings is 2. The molecule has 3 rings (SSSR count). The summed E-state index contributed by atoms with van der Waals surface area (Å²) < 4.78 is 15.6. The molecule has 2 aromatic carbocycles. The van der Waals surface area contributed by atoms with E-state index in [2.05, 4.69) is 15.5 Å². The number of nitrogens with one attached hydrogen (secondary N) is 2. The molecular weight excluding hydrogens is 414 g/mol. The summed E-state index contributed by atoms with van der Waals surface area (Å²) in [5.74, 6) is -1.27. The van der Waals surface area contributed by atoms with Crippen LogP contribution in [-0.4, -0.2) is 63.8 Å². The molecule has 1 aliphatic rings. The third kappa shape index (κ3) is 6.21. The van der Waals surface area contributed by atoms with Crippen LogP contribution in [0.25, 0.3) is 0 Å². The molecule has 1 atom stereocenters. The summed E-state index contributed by atoms with van der Waals surface area (Å²) in [5.41, 5.74) is 1.95. The van der Waals surface area contributed by atoms with Gasteiger partial charge in [-0.1, -0.05) is 12.1 Å². The summed E-state index contributed by atoms with van der Waals surface area (Å²) >= 11 is 0. The van der Waals surface area contributed by atoms with Crippen LogP contribution in [0.3, 0.4) is 0 Å². The highest BCUT2D eigenvalue weighted by atomic mass is 16.5. The Morgan fingerprint density at radius 2 is 1.75 bits per heavy atom. The fourth-order valence-electron chi connectivity index (χ4n) is 3.19. The topological polar surface area (TPSA) is 106 Å². The van der Waals surface area contributed by atoms with Crippen molar-refractivity contribution in [3.05, 3.63) is 54.1 Å². The summed E-state index contributed by atoms with van der Waals surface area (Å²) in [6, 6.07) is 14.1. The second-order valence-corrected chi connectivity index (χ2v) is 7.15. The standard InChI is InChI=1S/C23H27N3O6/c1-16(32-21(27)15-24-23(29)19-5-3-4-6-20(19)30-2)22(28)25-17-7-9-18(10-8-17)26-11-13-31-14-12-26/h3-10,16H,11-15H2,1-2H3,(H,24,29)(H,25,28). The molecule has 2 N–H and O–H groups in total. The maximum Gasteiger partial charge on any atom is 0.326 e. The van der Waals surface area contributed by atoms with Gasteiger partial charge in [0.2, 0.25) is 0 Å². The maximum absolute atomic E-state index is 12.4. The lowest BCUT2D eigenvalue weighted by Gasteiger charge is -2.28. The predicted molar refractivity (Wildman–Crippen MR) is 119 cm³/mol. The lowest BCUT2D eigenvalue weighted by atomic mass is 10.2. The summed E-state index contributed by atoms with van der Waals surface area (Å²) in [4.78, 5) is 38.9. The van der Waals surface area contributed by atoms with Crippen molar-refractivity contribution in [2.24, 2.45) is 0 Å². The third-order valence-electron chi connectivity index (χ3n) is 4.93. The highest BCUT2D eigenvalue weighted by Crippen LogP contribution is 2.19. The second-order valence-electron chi connectivity index (χ2n) is 7.15. The number of amides is 2. The lowest BCUT2D eigenvalue weighted by molar-refractivity contribution is -0.152. The molecule has 2 amide bonds. The van der Waals surface area contributed by atoms with Crippen LogP contribution in [-0.2, 0) is 19.1 Å². The number of esters is 1. The van der Waals surface area contributed by atoms with Gasteiger partial charge in [-0.15, -0.1) is 0 Å². The van der Waals surface area contributed by atoms with E-state index in [9.17, 15) is 14.4 Å². The van der Waals surface area contributed by atoms with Crippen LogP contribution in [0.5, 0.6) is 5.75 Å². The Bertz CT molecular complexity index is 941. The third-order valence-corrected chi connectivity index (χ3v) is 4.93. The minimum absolute atomic E-state index is 0.300. The van der Waals surface area contributed by atoms with E-state index in [1.54, 1.807) is 36.4 Å². The summed E-state index contributed by atoms with van der Waals surface area (Å²) in [6.45, 7) is 4.14. The van der Waals surface area contributed by atoms with E-state index < -0.39 is 23.9 Å². The van der Waals surface area contributed by atoms with Crippen LogP contribution in [0.1, 0.15) is 17.3 Å². The molecule has 1 aliphatic heterocycles. The molecule has 1 saturated heterocycles. The van der Waals surface area contributed by atoms with Crippen molar-refractivity contribution in [2.45, 2.75) is 13.0 Å². The average molecular weight is 441 g/mol. The van der Waals surface area contributed by atoms with Crippen molar-refractivity contribution in [1.82, 2.24) is 5.32 Å². The van der Waals surface area contributed by atoms with E-state index in [0.717, 1.165) is 18.8 Å². The van der Waals surface area contributed by atoms with Crippen molar-refractivity contribution >= 4 is 29.2 Å². The van der Waals surface area contributed by atoms with E-state index in [1.807, 2.05) is 12.1 Å². The number of rotatable bonds is 8. The van der Waals surface area contributed by atoms with Crippen LogP contribution >= 0.6 is 0 Å². The summed E-state index contributed by atoms with van der Waals surface area (Å²) in [6.07, 6.45) is -1.02. The second kappa shape index (κ2) is 11.1. The van der Waals surface area contributed by atoms with Crippen molar-refractivity contribution in [1.29, 1.82) is 0 Å². The molecule has 0 spiro atoms. The highest BCUT2D eigenvalue weighted by Gasteiger charge is 2.20. The molecule has 1 fully saturated rings. The molecule has 0 radical (unpaired) electrons. The zero-order chi connectivity index (χ0) is 22.9. The Morgan fingerprint density at radius 1 is 1.06 bits per heavy atom. The number of methoxy groups -OCH3 is 1. The first-order valence-electron chi connectivity index (χ1n) is 10.3. The molecule has 0 saturated carbocycles. The van der Waals surface area contributed by atoms with E-state index in [4.69, 9.17) is 14.2 Å². The molecule has 32 heavy (non-hydrogen) atoms. The van der Waals surface area contributed by atoms with Gasteiger partial charge >= 0.3 is 5.97 Å². The largest absolute Gasteiger partial charge is 0.496 e. The number of nitrogens with zero attached hydrogens (tertiary/aromatic N) is 1. The molecule has 170 valence electrons. The normalized spacial score (nSPS) is 14.2. The first kappa shape index (κ1) is 23.1. The lowest BCUT2D eigenvalue weighted by Crippen LogP contribution is -2.36. The fraction of sp³-hybridized carbons (Fsp3) is 0.348. The summed E-state index contributed by atoms with van der Waals surface area (Å²) in [7, 11) is 1.46. The number of carbonyl (C=O) groups is 3. The van der Waals surface area contributed by atoms with Gasteiger partial charge in [0.15, 0.2) is 6.10 Å². The monoisotopic (exact) mass is 441 g/mol. The zero-order valence-corrected chi connectivity index (χ0v) is 18.1. The van der Waals surface area contributed by atoms with E-state index in [-0.39, 0.29) is 6.54 Å². The minimum Gasteiger partial charge on any atom is -0.496 e. The van der Waals surface area contributed by atoms with Crippen LogP contribution in [0.4, 0.5) is 11.4 Å². The smallest absolute Gasteiger partial charge is 0.326 e. The maximum atomic E-state index is 12.4.